The first-order chi connectivity index (χ1) is 9.02. The average molecular weight is 262 g/mol. The molecule has 1 nitrogen and oxygen atoms in total. The highest BCUT2D eigenvalue weighted by Crippen LogP contribution is 2.34. The Morgan fingerprint density at radius 3 is 2.16 bits per heavy atom. The number of methoxy groups -OCH3 is 1. The van der Waals surface area contributed by atoms with Gasteiger partial charge >= 0.3 is 0 Å². The Hall–Kier alpha value is -0.980. The second kappa shape index (κ2) is 7.57. The molecule has 0 saturated heterocycles. The Morgan fingerprint density at radius 2 is 1.68 bits per heavy atom. The summed E-state index contributed by atoms with van der Waals surface area (Å²) in [6.45, 7) is 9.33. The molecule has 0 aromatic heterocycles. The Morgan fingerprint density at radius 1 is 1.05 bits per heavy atom. The van der Waals surface area contributed by atoms with E-state index in [1.54, 1.807) is 7.11 Å². The molecule has 1 atom stereocenters. The standard InChI is InChI=1S/C18H30O/c1-6-8-15(13-14-18(3,4)7-2)16-9-11-17(19-5)12-10-16/h9-12,15H,6-8,13-14H2,1-5H3. The summed E-state index contributed by atoms with van der Waals surface area (Å²) in [6, 6.07) is 8.64. The number of hydrogen-bond donors (Lipinski definition) is 0. The van der Waals surface area contributed by atoms with Crippen molar-refractivity contribution in [2.75, 3.05) is 7.11 Å². The fourth-order valence-corrected chi connectivity index (χ4v) is 2.44. The summed E-state index contributed by atoms with van der Waals surface area (Å²) in [5.74, 6) is 1.65. The number of rotatable bonds is 8. The van der Waals surface area contributed by atoms with Gasteiger partial charge in [0.1, 0.15) is 5.75 Å². The van der Waals surface area contributed by atoms with Crippen LogP contribution >= 0.6 is 0 Å². The maximum absolute atomic E-state index is 5.24. The highest BCUT2D eigenvalue weighted by molar-refractivity contribution is 5.29. The van der Waals surface area contributed by atoms with E-state index in [1.165, 1.54) is 37.7 Å². The van der Waals surface area contributed by atoms with E-state index in [0.29, 0.717) is 11.3 Å². The molecule has 1 heteroatoms. The van der Waals surface area contributed by atoms with Gasteiger partial charge in [0.25, 0.3) is 0 Å². The van der Waals surface area contributed by atoms with Crippen LogP contribution < -0.4 is 4.74 Å². The zero-order valence-electron chi connectivity index (χ0n) is 13.3. The lowest BCUT2D eigenvalue weighted by atomic mass is 9.80. The third-order valence-electron chi connectivity index (χ3n) is 4.35. The highest BCUT2D eigenvalue weighted by Gasteiger charge is 2.19. The summed E-state index contributed by atoms with van der Waals surface area (Å²) >= 11 is 0. The first-order valence-electron chi connectivity index (χ1n) is 7.66. The lowest BCUT2D eigenvalue weighted by Gasteiger charge is -2.26. The highest BCUT2D eigenvalue weighted by atomic mass is 16.5. The van der Waals surface area contributed by atoms with Crippen molar-refractivity contribution >= 4 is 0 Å². The summed E-state index contributed by atoms with van der Waals surface area (Å²) < 4.78 is 5.24. The van der Waals surface area contributed by atoms with E-state index in [1.807, 2.05) is 0 Å². The van der Waals surface area contributed by atoms with Crippen molar-refractivity contribution in [1.82, 2.24) is 0 Å². The van der Waals surface area contributed by atoms with Gasteiger partial charge in [-0.25, -0.2) is 0 Å². The van der Waals surface area contributed by atoms with Gasteiger partial charge in [0, 0.05) is 0 Å². The Bertz CT molecular complexity index is 350. The summed E-state index contributed by atoms with van der Waals surface area (Å²) in [5.41, 5.74) is 1.94. The van der Waals surface area contributed by atoms with Crippen molar-refractivity contribution < 1.29 is 4.74 Å². The minimum absolute atomic E-state index is 0.471. The van der Waals surface area contributed by atoms with Crippen LogP contribution in [0.1, 0.15) is 71.3 Å². The minimum atomic E-state index is 0.471. The fraction of sp³-hybridized carbons (Fsp3) is 0.667. The van der Waals surface area contributed by atoms with Gasteiger partial charge in [-0.1, -0.05) is 52.7 Å². The molecule has 0 aliphatic rings. The Labute approximate surface area is 119 Å². The molecule has 0 aliphatic carbocycles. The van der Waals surface area contributed by atoms with E-state index < -0.39 is 0 Å². The third-order valence-corrected chi connectivity index (χ3v) is 4.35. The van der Waals surface area contributed by atoms with Crippen molar-refractivity contribution in [3.05, 3.63) is 29.8 Å². The van der Waals surface area contributed by atoms with E-state index in [4.69, 9.17) is 4.74 Å². The maximum Gasteiger partial charge on any atom is 0.118 e. The SMILES string of the molecule is CCCC(CCC(C)(C)CC)c1ccc(OC)cc1. The van der Waals surface area contributed by atoms with Crippen molar-refractivity contribution in [1.29, 1.82) is 0 Å². The minimum Gasteiger partial charge on any atom is -0.497 e. The normalized spacial score (nSPS) is 13.3. The molecular weight excluding hydrogens is 232 g/mol. The molecule has 0 radical (unpaired) electrons. The molecular formula is C18H30O. The molecule has 0 aliphatic heterocycles. The predicted molar refractivity (Wildman–Crippen MR) is 83.9 cm³/mol. The van der Waals surface area contributed by atoms with Crippen LogP contribution in [0.5, 0.6) is 5.75 Å². The molecule has 0 saturated carbocycles. The van der Waals surface area contributed by atoms with E-state index in [9.17, 15) is 0 Å². The largest absolute Gasteiger partial charge is 0.497 e. The summed E-state index contributed by atoms with van der Waals surface area (Å²) in [7, 11) is 1.72. The van der Waals surface area contributed by atoms with Crippen LogP contribution in [-0.2, 0) is 0 Å². The number of benzene rings is 1. The van der Waals surface area contributed by atoms with Gasteiger partial charge in [0.05, 0.1) is 7.11 Å². The summed E-state index contributed by atoms with van der Waals surface area (Å²) in [5, 5.41) is 0. The van der Waals surface area contributed by atoms with Gasteiger partial charge in [0.2, 0.25) is 0 Å². The van der Waals surface area contributed by atoms with Gasteiger partial charge in [0.15, 0.2) is 0 Å². The second-order valence-electron chi connectivity index (χ2n) is 6.32. The van der Waals surface area contributed by atoms with Crippen LogP contribution in [0.3, 0.4) is 0 Å². The molecule has 1 rings (SSSR count). The Balaban J connectivity index is 2.70. The van der Waals surface area contributed by atoms with Crippen LogP contribution in [0.25, 0.3) is 0 Å². The molecule has 19 heavy (non-hydrogen) atoms. The average Bonchev–Trinajstić information content (AvgIpc) is 2.43. The zero-order valence-corrected chi connectivity index (χ0v) is 13.3. The van der Waals surface area contributed by atoms with Gasteiger partial charge in [-0.3, -0.25) is 0 Å². The number of hydrogen-bond acceptors (Lipinski definition) is 1. The quantitative estimate of drug-likeness (QED) is 0.575. The molecule has 108 valence electrons. The van der Waals surface area contributed by atoms with Crippen molar-refractivity contribution in [3.8, 4) is 5.75 Å². The molecule has 1 unspecified atom stereocenters. The topological polar surface area (TPSA) is 9.23 Å². The van der Waals surface area contributed by atoms with Crippen molar-refractivity contribution in [2.24, 2.45) is 5.41 Å². The van der Waals surface area contributed by atoms with E-state index in [-0.39, 0.29) is 0 Å². The van der Waals surface area contributed by atoms with E-state index in [2.05, 4.69) is 52.0 Å². The van der Waals surface area contributed by atoms with E-state index in [0.717, 1.165) is 5.75 Å². The number of ether oxygens (including phenoxy) is 1. The van der Waals surface area contributed by atoms with Crippen LogP contribution in [0.4, 0.5) is 0 Å². The summed E-state index contributed by atoms with van der Waals surface area (Å²) in [4.78, 5) is 0. The van der Waals surface area contributed by atoms with Crippen molar-refractivity contribution in [2.45, 2.75) is 65.7 Å². The van der Waals surface area contributed by atoms with Crippen LogP contribution in [0, 0.1) is 5.41 Å². The Kier molecular flexibility index (Phi) is 6.41. The lowest BCUT2D eigenvalue weighted by Crippen LogP contribution is -2.12. The van der Waals surface area contributed by atoms with Crippen molar-refractivity contribution in [3.63, 3.8) is 0 Å². The first-order valence-corrected chi connectivity index (χ1v) is 7.66. The predicted octanol–water partition coefficient (Wildman–Crippen LogP) is 5.80. The summed E-state index contributed by atoms with van der Waals surface area (Å²) in [6.07, 6.45) is 6.39. The smallest absolute Gasteiger partial charge is 0.118 e. The third kappa shape index (κ3) is 5.26. The van der Waals surface area contributed by atoms with Crippen LogP contribution in [0.2, 0.25) is 0 Å². The van der Waals surface area contributed by atoms with Gasteiger partial charge in [-0.2, -0.15) is 0 Å². The molecule has 0 amide bonds. The molecule has 1 aromatic rings. The lowest BCUT2D eigenvalue weighted by molar-refractivity contribution is 0.297. The molecule has 0 spiro atoms. The second-order valence-corrected chi connectivity index (χ2v) is 6.32. The van der Waals surface area contributed by atoms with Gasteiger partial charge < -0.3 is 4.74 Å². The molecule has 0 heterocycles. The molecule has 0 fully saturated rings. The van der Waals surface area contributed by atoms with Gasteiger partial charge in [-0.05, 0) is 48.3 Å². The molecule has 0 bridgehead atoms. The fourth-order valence-electron chi connectivity index (χ4n) is 2.44. The van der Waals surface area contributed by atoms with E-state index >= 15 is 0 Å². The monoisotopic (exact) mass is 262 g/mol. The van der Waals surface area contributed by atoms with Gasteiger partial charge in [-0.15, -0.1) is 0 Å². The molecule has 1 aromatic carbocycles. The molecule has 0 N–H and O–H groups in total. The van der Waals surface area contributed by atoms with Crippen LogP contribution in [0.15, 0.2) is 24.3 Å². The maximum atomic E-state index is 5.24. The first kappa shape index (κ1) is 16.1. The van der Waals surface area contributed by atoms with Crippen LogP contribution in [-0.4, -0.2) is 7.11 Å². The zero-order chi connectivity index (χ0) is 14.3.